The van der Waals surface area contributed by atoms with Gasteiger partial charge in [0.15, 0.2) is 5.89 Å². The van der Waals surface area contributed by atoms with Crippen molar-refractivity contribution >= 4 is 0 Å². The second-order valence-electron chi connectivity index (χ2n) is 4.88. The highest BCUT2D eigenvalue weighted by atomic mass is 16.3. The van der Waals surface area contributed by atoms with E-state index in [-0.39, 0.29) is 0 Å². The smallest absolute Gasteiger partial charge is 0.198 e. The lowest BCUT2D eigenvalue weighted by atomic mass is 10.1. The molecule has 0 unspecified atom stereocenters. The molecule has 0 saturated carbocycles. The summed E-state index contributed by atoms with van der Waals surface area (Å²) in [5.74, 6) is 0.804. The quantitative estimate of drug-likeness (QED) is 0.458. The van der Waals surface area contributed by atoms with E-state index in [2.05, 4.69) is 18.5 Å². The molecule has 96 valence electrons. The van der Waals surface area contributed by atoms with E-state index in [1.807, 2.05) is 6.92 Å². The van der Waals surface area contributed by atoms with Crippen molar-refractivity contribution in [2.24, 2.45) is 0 Å². The number of aromatic nitrogens is 1. The standard InChI is InChI=1S/C15H25NO/c1-4-5-6-7-8-9-10-14-12-17-15(16-14)11-13(2)3/h12H,2,4-11H2,1,3H3. The van der Waals surface area contributed by atoms with Crippen molar-refractivity contribution in [3.63, 3.8) is 0 Å². The lowest BCUT2D eigenvalue weighted by molar-refractivity contribution is 0.505. The van der Waals surface area contributed by atoms with Gasteiger partial charge in [0.1, 0.15) is 6.26 Å². The van der Waals surface area contributed by atoms with Crippen LogP contribution in [0, 0.1) is 0 Å². The van der Waals surface area contributed by atoms with E-state index < -0.39 is 0 Å². The molecule has 0 bridgehead atoms. The Bertz CT molecular complexity index is 327. The normalized spacial score (nSPS) is 10.7. The molecule has 0 spiro atoms. The lowest BCUT2D eigenvalue weighted by Crippen LogP contribution is -1.89. The fourth-order valence-corrected chi connectivity index (χ4v) is 1.89. The SMILES string of the molecule is C=C(C)Cc1nc(CCCCCCCC)co1. The molecular weight excluding hydrogens is 210 g/mol. The highest BCUT2D eigenvalue weighted by molar-refractivity contribution is 5.03. The van der Waals surface area contributed by atoms with E-state index >= 15 is 0 Å². The van der Waals surface area contributed by atoms with Crippen LogP contribution in [0.25, 0.3) is 0 Å². The van der Waals surface area contributed by atoms with Gasteiger partial charge in [-0.05, 0) is 19.8 Å². The van der Waals surface area contributed by atoms with Crippen LogP contribution in [0.4, 0.5) is 0 Å². The van der Waals surface area contributed by atoms with Crippen molar-refractivity contribution < 1.29 is 4.42 Å². The van der Waals surface area contributed by atoms with Gasteiger partial charge in [-0.2, -0.15) is 0 Å². The van der Waals surface area contributed by atoms with Gasteiger partial charge >= 0.3 is 0 Å². The van der Waals surface area contributed by atoms with Gasteiger partial charge in [0, 0.05) is 6.42 Å². The second kappa shape index (κ2) is 8.10. The molecule has 2 heteroatoms. The summed E-state index contributed by atoms with van der Waals surface area (Å²) >= 11 is 0. The number of nitrogens with zero attached hydrogens (tertiary/aromatic N) is 1. The summed E-state index contributed by atoms with van der Waals surface area (Å²) in [7, 11) is 0. The maximum absolute atomic E-state index is 5.40. The molecule has 0 radical (unpaired) electrons. The van der Waals surface area contributed by atoms with Crippen LogP contribution >= 0.6 is 0 Å². The summed E-state index contributed by atoms with van der Waals surface area (Å²) in [6, 6.07) is 0. The van der Waals surface area contributed by atoms with Crippen molar-refractivity contribution in [3.8, 4) is 0 Å². The third-order valence-corrected chi connectivity index (χ3v) is 2.84. The van der Waals surface area contributed by atoms with E-state index in [0.717, 1.165) is 30.0 Å². The second-order valence-corrected chi connectivity index (χ2v) is 4.88. The maximum Gasteiger partial charge on any atom is 0.198 e. The average Bonchev–Trinajstić information content (AvgIpc) is 2.70. The first kappa shape index (κ1) is 14.0. The molecule has 1 heterocycles. The van der Waals surface area contributed by atoms with Crippen LogP contribution in [0.5, 0.6) is 0 Å². The summed E-state index contributed by atoms with van der Waals surface area (Å²) in [4.78, 5) is 4.46. The molecule has 1 aromatic rings. The predicted octanol–water partition coefficient (Wildman–Crippen LogP) is 4.70. The van der Waals surface area contributed by atoms with Crippen molar-refractivity contribution in [3.05, 3.63) is 30.0 Å². The van der Waals surface area contributed by atoms with Gasteiger partial charge in [-0.1, -0.05) is 51.2 Å². The number of unbranched alkanes of at least 4 members (excludes halogenated alkanes) is 5. The van der Waals surface area contributed by atoms with Gasteiger partial charge in [-0.3, -0.25) is 0 Å². The van der Waals surface area contributed by atoms with Crippen LogP contribution in [-0.4, -0.2) is 4.98 Å². The molecule has 0 fully saturated rings. The zero-order valence-electron chi connectivity index (χ0n) is 11.3. The molecule has 0 aliphatic carbocycles. The zero-order chi connectivity index (χ0) is 12.5. The number of oxazole rings is 1. The number of hydrogen-bond acceptors (Lipinski definition) is 2. The van der Waals surface area contributed by atoms with Crippen molar-refractivity contribution in [1.29, 1.82) is 0 Å². The Kier molecular flexibility index (Phi) is 6.68. The lowest BCUT2D eigenvalue weighted by Gasteiger charge is -1.98. The van der Waals surface area contributed by atoms with Gasteiger partial charge < -0.3 is 4.42 Å². The average molecular weight is 235 g/mol. The summed E-state index contributed by atoms with van der Waals surface area (Å²) < 4.78 is 5.40. The maximum atomic E-state index is 5.40. The number of hydrogen-bond donors (Lipinski definition) is 0. The first-order valence-electron chi connectivity index (χ1n) is 6.80. The molecule has 0 aliphatic rings. The largest absolute Gasteiger partial charge is 0.448 e. The van der Waals surface area contributed by atoms with Crippen LogP contribution in [-0.2, 0) is 12.8 Å². The minimum Gasteiger partial charge on any atom is -0.448 e. The van der Waals surface area contributed by atoms with Crippen LogP contribution in [0.3, 0.4) is 0 Å². The molecule has 1 rings (SSSR count). The van der Waals surface area contributed by atoms with Crippen LogP contribution in [0.1, 0.15) is 64.0 Å². The molecule has 0 atom stereocenters. The summed E-state index contributed by atoms with van der Waals surface area (Å²) in [6.45, 7) is 8.11. The van der Waals surface area contributed by atoms with Gasteiger partial charge in [0.05, 0.1) is 5.69 Å². The third kappa shape index (κ3) is 6.30. The number of rotatable bonds is 9. The summed E-state index contributed by atoms with van der Waals surface area (Å²) in [6.07, 6.45) is 11.5. The van der Waals surface area contributed by atoms with Gasteiger partial charge in [0.25, 0.3) is 0 Å². The molecule has 0 saturated heterocycles. The Labute approximate surface area is 105 Å². The van der Waals surface area contributed by atoms with Gasteiger partial charge in [0.2, 0.25) is 0 Å². The fourth-order valence-electron chi connectivity index (χ4n) is 1.89. The molecule has 1 aromatic heterocycles. The molecule has 0 aromatic carbocycles. The van der Waals surface area contributed by atoms with E-state index in [9.17, 15) is 0 Å². The first-order valence-corrected chi connectivity index (χ1v) is 6.80. The van der Waals surface area contributed by atoms with E-state index in [0.29, 0.717) is 0 Å². The van der Waals surface area contributed by atoms with Crippen molar-refractivity contribution in [2.75, 3.05) is 0 Å². The Morgan fingerprint density at radius 1 is 1.24 bits per heavy atom. The monoisotopic (exact) mass is 235 g/mol. The molecule has 17 heavy (non-hydrogen) atoms. The van der Waals surface area contributed by atoms with Crippen LogP contribution in [0.15, 0.2) is 22.8 Å². The van der Waals surface area contributed by atoms with E-state index in [1.165, 1.54) is 38.5 Å². The molecule has 0 N–H and O–H groups in total. The van der Waals surface area contributed by atoms with Gasteiger partial charge in [-0.15, -0.1) is 0 Å². The number of aryl methyl sites for hydroxylation is 1. The Hall–Kier alpha value is -1.05. The predicted molar refractivity (Wildman–Crippen MR) is 72.1 cm³/mol. The minimum absolute atomic E-state index is 0.760. The highest BCUT2D eigenvalue weighted by Gasteiger charge is 2.03. The topological polar surface area (TPSA) is 26.0 Å². The van der Waals surface area contributed by atoms with Crippen molar-refractivity contribution in [2.45, 2.75) is 65.2 Å². The Morgan fingerprint density at radius 2 is 1.94 bits per heavy atom. The fraction of sp³-hybridized carbons (Fsp3) is 0.667. The molecular formula is C15H25NO. The van der Waals surface area contributed by atoms with Crippen LogP contribution in [0.2, 0.25) is 0 Å². The van der Waals surface area contributed by atoms with E-state index in [4.69, 9.17) is 4.42 Å². The highest BCUT2D eigenvalue weighted by Crippen LogP contribution is 2.11. The number of allylic oxidation sites excluding steroid dienone is 1. The molecule has 0 aliphatic heterocycles. The summed E-state index contributed by atoms with van der Waals surface area (Å²) in [5.41, 5.74) is 2.19. The first-order chi connectivity index (χ1) is 8.22. The third-order valence-electron chi connectivity index (χ3n) is 2.84. The van der Waals surface area contributed by atoms with Crippen LogP contribution < -0.4 is 0 Å². The molecule has 0 amide bonds. The summed E-state index contributed by atoms with van der Waals surface area (Å²) in [5, 5.41) is 0. The minimum atomic E-state index is 0.760. The Balaban J connectivity index is 2.14. The van der Waals surface area contributed by atoms with Gasteiger partial charge in [-0.25, -0.2) is 4.98 Å². The van der Waals surface area contributed by atoms with Crippen molar-refractivity contribution in [1.82, 2.24) is 4.98 Å². The van der Waals surface area contributed by atoms with E-state index in [1.54, 1.807) is 6.26 Å². The molecule has 2 nitrogen and oxygen atoms in total. The zero-order valence-corrected chi connectivity index (χ0v) is 11.3. The Morgan fingerprint density at radius 3 is 2.65 bits per heavy atom.